The van der Waals surface area contributed by atoms with Gasteiger partial charge < -0.3 is 24.8 Å². The molecule has 0 amide bonds. The minimum atomic E-state index is -0.479. The van der Waals surface area contributed by atoms with Crippen LogP contribution in [0.3, 0.4) is 0 Å². The van der Waals surface area contributed by atoms with E-state index in [0.29, 0.717) is 33.8 Å². The van der Waals surface area contributed by atoms with E-state index in [1.807, 2.05) is 25.1 Å². The summed E-state index contributed by atoms with van der Waals surface area (Å²) in [6.07, 6.45) is 4.05. The lowest BCUT2D eigenvalue weighted by Crippen LogP contribution is -2.45. The Morgan fingerprint density at radius 3 is 2.68 bits per heavy atom. The van der Waals surface area contributed by atoms with Crippen molar-refractivity contribution in [3.8, 4) is 11.5 Å². The van der Waals surface area contributed by atoms with Crippen LogP contribution in [0, 0.1) is 5.92 Å². The molecule has 0 saturated heterocycles. The summed E-state index contributed by atoms with van der Waals surface area (Å²) in [6.45, 7) is 4.05. The predicted molar refractivity (Wildman–Crippen MR) is 111 cm³/mol. The second-order valence-corrected chi connectivity index (χ2v) is 7.89. The molecule has 3 rings (SSSR count). The number of carbonyl (C=O) groups excluding carboxylic acids is 1. The Morgan fingerprint density at radius 2 is 2.00 bits per heavy atom. The Hall–Kier alpha value is -2.28. The number of nitrogens with one attached hydrogen (secondary N) is 2. The van der Waals surface area contributed by atoms with Crippen molar-refractivity contribution >= 4 is 23.3 Å². The van der Waals surface area contributed by atoms with Crippen LogP contribution in [0.4, 0.5) is 0 Å². The summed E-state index contributed by atoms with van der Waals surface area (Å²) in [5.41, 5.74) is 1.97. The average Bonchev–Trinajstić information content (AvgIpc) is 2.66. The first-order valence-electron chi connectivity index (χ1n) is 9.64. The van der Waals surface area contributed by atoms with Crippen molar-refractivity contribution in [1.29, 1.82) is 0 Å². The monoisotopic (exact) mass is 404 g/mol. The van der Waals surface area contributed by atoms with Gasteiger partial charge in [-0.2, -0.15) is 0 Å². The van der Waals surface area contributed by atoms with Crippen LogP contribution in [0.25, 0.3) is 0 Å². The van der Waals surface area contributed by atoms with Gasteiger partial charge >= 0.3 is 5.97 Å². The zero-order valence-electron chi connectivity index (χ0n) is 16.8. The Kier molecular flexibility index (Phi) is 6.44. The van der Waals surface area contributed by atoms with Crippen molar-refractivity contribution in [2.75, 3.05) is 14.2 Å². The SMILES string of the molecule is COc1ccc(OC)c([C@@H]2NC(=S)NC(C)=C2C(=O)O[C@@H]2CCC[C@H](C)C2)c1. The first kappa shape index (κ1) is 20.5. The maximum atomic E-state index is 13.2. The van der Waals surface area contributed by atoms with E-state index in [9.17, 15) is 4.79 Å². The Bertz CT molecular complexity index is 793. The van der Waals surface area contributed by atoms with Gasteiger partial charge in [0.05, 0.1) is 25.8 Å². The van der Waals surface area contributed by atoms with Crippen LogP contribution in [-0.4, -0.2) is 31.4 Å². The molecule has 0 unspecified atom stereocenters. The zero-order valence-corrected chi connectivity index (χ0v) is 17.7. The van der Waals surface area contributed by atoms with Crippen molar-refractivity contribution in [2.24, 2.45) is 5.92 Å². The van der Waals surface area contributed by atoms with E-state index < -0.39 is 6.04 Å². The van der Waals surface area contributed by atoms with Gasteiger partial charge in [-0.15, -0.1) is 0 Å². The molecule has 2 aliphatic rings. The van der Waals surface area contributed by atoms with Crippen LogP contribution < -0.4 is 20.1 Å². The second kappa shape index (κ2) is 8.82. The number of carbonyl (C=O) groups is 1. The topological polar surface area (TPSA) is 68.8 Å². The van der Waals surface area contributed by atoms with Crippen LogP contribution in [-0.2, 0) is 9.53 Å². The van der Waals surface area contributed by atoms with Crippen molar-refractivity contribution < 1.29 is 19.0 Å². The van der Waals surface area contributed by atoms with Gasteiger partial charge in [0.2, 0.25) is 0 Å². The molecular weight excluding hydrogens is 376 g/mol. The van der Waals surface area contributed by atoms with Crippen molar-refractivity contribution in [2.45, 2.75) is 51.7 Å². The fourth-order valence-corrected chi connectivity index (χ4v) is 4.23. The van der Waals surface area contributed by atoms with Gasteiger partial charge in [0, 0.05) is 11.3 Å². The minimum Gasteiger partial charge on any atom is -0.497 e. The van der Waals surface area contributed by atoms with E-state index >= 15 is 0 Å². The molecule has 0 spiro atoms. The number of ether oxygens (including phenoxy) is 3. The summed E-state index contributed by atoms with van der Waals surface area (Å²) < 4.78 is 16.8. The van der Waals surface area contributed by atoms with E-state index in [-0.39, 0.29) is 12.1 Å². The number of benzene rings is 1. The Morgan fingerprint density at radius 1 is 1.21 bits per heavy atom. The quantitative estimate of drug-likeness (QED) is 0.574. The lowest BCUT2D eigenvalue weighted by molar-refractivity contribution is -0.146. The molecule has 2 N–H and O–H groups in total. The summed E-state index contributed by atoms with van der Waals surface area (Å²) in [4.78, 5) is 13.2. The molecule has 0 aromatic heterocycles. The zero-order chi connectivity index (χ0) is 20.3. The van der Waals surface area contributed by atoms with Crippen molar-refractivity contribution in [1.82, 2.24) is 10.6 Å². The highest BCUT2D eigenvalue weighted by Crippen LogP contribution is 2.36. The molecule has 1 aliphatic heterocycles. The van der Waals surface area contributed by atoms with E-state index in [2.05, 4.69) is 17.6 Å². The number of methoxy groups -OCH3 is 2. The highest BCUT2D eigenvalue weighted by molar-refractivity contribution is 7.80. The second-order valence-electron chi connectivity index (χ2n) is 7.48. The van der Waals surface area contributed by atoms with Crippen molar-refractivity contribution in [3.05, 3.63) is 35.0 Å². The highest BCUT2D eigenvalue weighted by atomic mass is 32.1. The highest BCUT2D eigenvalue weighted by Gasteiger charge is 2.34. The number of esters is 1. The molecule has 6 nitrogen and oxygen atoms in total. The molecule has 28 heavy (non-hydrogen) atoms. The lowest BCUT2D eigenvalue weighted by Gasteiger charge is -2.32. The third-order valence-corrected chi connectivity index (χ3v) is 5.62. The van der Waals surface area contributed by atoms with Gasteiger partial charge in [-0.25, -0.2) is 4.79 Å². The third kappa shape index (κ3) is 4.41. The molecule has 1 heterocycles. The summed E-state index contributed by atoms with van der Waals surface area (Å²) in [6, 6.07) is 5.02. The van der Waals surface area contributed by atoms with Gasteiger partial charge in [0.25, 0.3) is 0 Å². The number of hydrogen-bond acceptors (Lipinski definition) is 5. The van der Waals surface area contributed by atoms with E-state index in [1.54, 1.807) is 14.2 Å². The molecule has 1 saturated carbocycles. The molecule has 1 aromatic rings. The Balaban J connectivity index is 1.94. The average molecular weight is 405 g/mol. The smallest absolute Gasteiger partial charge is 0.338 e. The molecule has 0 radical (unpaired) electrons. The molecular formula is C21H28N2O4S. The molecule has 1 aliphatic carbocycles. The van der Waals surface area contributed by atoms with Crippen LogP contribution >= 0.6 is 12.2 Å². The van der Waals surface area contributed by atoms with Crippen LogP contribution in [0.2, 0.25) is 0 Å². The minimum absolute atomic E-state index is 0.0433. The van der Waals surface area contributed by atoms with Crippen LogP contribution in [0.1, 0.15) is 51.1 Å². The first-order chi connectivity index (χ1) is 13.4. The number of rotatable bonds is 5. The Labute approximate surface area is 171 Å². The van der Waals surface area contributed by atoms with Gasteiger partial charge in [-0.1, -0.05) is 13.3 Å². The largest absolute Gasteiger partial charge is 0.497 e. The van der Waals surface area contributed by atoms with Gasteiger partial charge in [0.1, 0.15) is 17.6 Å². The summed E-state index contributed by atoms with van der Waals surface area (Å²) in [5.74, 6) is 1.57. The normalized spacial score (nSPS) is 24.9. The number of hydrogen-bond donors (Lipinski definition) is 2. The van der Waals surface area contributed by atoms with E-state index in [4.69, 9.17) is 26.4 Å². The maximum absolute atomic E-state index is 13.2. The van der Waals surface area contributed by atoms with Crippen LogP contribution in [0.15, 0.2) is 29.5 Å². The fraction of sp³-hybridized carbons (Fsp3) is 0.524. The first-order valence-corrected chi connectivity index (χ1v) is 10.0. The lowest BCUT2D eigenvalue weighted by atomic mass is 9.88. The molecule has 3 atom stereocenters. The van der Waals surface area contributed by atoms with Crippen molar-refractivity contribution in [3.63, 3.8) is 0 Å². The van der Waals surface area contributed by atoms with Gasteiger partial charge in [-0.3, -0.25) is 0 Å². The summed E-state index contributed by atoms with van der Waals surface area (Å²) >= 11 is 5.34. The van der Waals surface area contributed by atoms with E-state index in [1.165, 1.54) is 6.42 Å². The van der Waals surface area contributed by atoms with Crippen LogP contribution in [0.5, 0.6) is 11.5 Å². The molecule has 1 aromatic carbocycles. The van der Waals surface area contributed by atoms with Gasteiger partial charge in [-0.05, 0) is 62.5 Å². The van der Waals surface area contributed by atoms with E-state index in [0.717, 1.165) is 24.8 Å². The number of allylic oxidation sites excluding steroid dienone is 1. The standard InChI is InChI=1S/C21H28N2O4S/c1-12-6-5-7-15(10-12)27-20(24)18-13(2)22-21(28)23-19(18)16-11-14(25-3)8-9-17(16)26-4/h8-9,11-12,15,19H,5-7,10H2,1-4H3,(H2,22,23,28)/t12-,15+,19-/m0/s1. The van der Waals surface area contributed by atoms with Gasteiger partial charge in [0.15, 0.2) is 5.11 Å². The maximum Gasteiger partial charge on any atom is 0.338 e. The molecule has 1 fully saturated rings. The third-order valence-electron chi connectivity index (χ3n) is 5.40. The predicted octanol–water partition coefficient (Wildman–Crippen LogP) is 3.62. The number of thiocarbonyl (C=S) groups is 1. The fourth-order valence-electron chi connectivity index (χ4n) is 3.96. The summed E-state index contributed by atoms with van der Waals surface area (Å²) in [5, 5.41) is 6.70. The molecule has 0 bridgehead atoms. The summed E-state index contributed by atoms with van der Waals surface area (Å²) in [7, 11) is 3.20. The molecule has 152 valence electrons. The molecule has 7 heteroatoms.